The van der Waals surface area contributed by atoms with E-state index in [4.69, 9.17) is 20.8 Å². The van der Waals surface area contributed by atoms with E-state index in [0.29, 0.717) is 35.6 Å². The number of amides is 1. The van der Waals surface area contributed by atoms with Crippen LogP contribution >= 0.6 is 22.9 Å². The Labute approximate surface area is 195 Å². The van der Waals surface area contributed by atoms with Crippen LogP contribution in [0, 0.1) is 6.92 Å². The Morgan fingerprint density at radius 2 is 2.09 bits per heavy atom. The summed E-state index contributed by atoms with van der Waals surface area (Å²) in [5.41, 5.74) is 1.50. The molecule has 0 fully saturated rings. The Hall–Kier alpha value is -2.61. The van der Waals surface area contributed by atoms with Gasteiger partial charge in [-0.1, -0.05) is 11.6 Å². The van der Waals surface area contributed by atoms with Crippen molar-refractivity contribution in [3.8, 4) is 0 Å². The number of aliphatic hydroxyl groups is 1. The molecule has 1 aromatic carbocycles. The summed E-state index contributed by atoms with van der Waals surface area (Å²) in [5, 5.41) is 13.9. The van der Waals surface area contributed by atoms with Crippen LogP contribution in [0.25, 0.3) is 11.0 Å². The van der Waals surface area contributed by atoms with E-state index in [-0.39, 0.29) is 17.4 Å². The van der Waals surface area contributed by atoms with Gasteiger partial charge in [0.05, 0.1) is 17.7 Å². The van der Waals surface area contributed by atoms with Crippen molar-refractivity contribution >= 4 is 45.6 Å². The lowest BCUT2D eigenvalue weighted by Gasteiger charge is -2.26. The van der Waals surface area contributed by atoms with Crippen molar-refractivity contribution in [3.63, 3.8) is 0 Å². The van der Waals surface area contributed by atoms with Crippen molar-refractivity contribution < 1.29 is 23.8 Å². The lowest BCUT2D eigenvalue weighted by atomic mass is 9.98. The Kier molecular flexibility index (Phi) is 6.42. The first-order chi connectivity index (χ1) is 15.3. The van der Waals surface area contributed by atoms with Gasteiger partial charge in [0.2, 0.25) is 5.78 Å². The predicted molar refractivity (Wildman–Crippen MR) is 124 cm³/mol. The molecule has 2 aromatic heterocycles. The molecule has 1 aliphatic heterocycles. The average molecular weight is 474 g/mol. The fourth-order valence-corrected chi connectivity index (χ4v) is 5.09. The molecular formula is C24H24ClNO5S. The lowest BCUT2D eigenvalue weighted by Crippen LogP contribution is -2.32. The molecule has 1 atom stereocenters. The molecule has 0 bridgehead atoms. The van der Waals surface area contributed by atoms with Crippen LogP contribution in [0.15, 0.2) is 51.5 Å². The number of nitrogens with zero attached hydrogens (tertiary/aromatic N) is 1. The van der Waals surface area contributed by atoms with E-state index in [1.807, 2.05) is 32.2 Å². The summed E-state index contributed by atoms with van der Waals surface area (Å²) in [7, 11) is 0. The SMILES string of the molecule is Cc1ccsc1C1C(C(=O)c2cc3cc(Cl)ccc3o2)=C(O)C(=O)N1CCCOC(C)C. The molecule has 8 heteroatoms. The second kappa shape index (κ2) is 9.10. The van der Waals surface area contributed by atoms with Crippen molar-refractivity contribution in [2.45, 2.75) is 39.3 Å². The summed E-state index contributed by atoms with van der Waals surface area (Å²) in [6.45, 7) is 6.65. The molecule has 0 radical (unpaired) electrons. The Balaban J connectivity index is 1.70. The molecule has 3 aromatic rings. The summed E-state index contributed by atoms with van der Waals surface area (Å²) >= 11 is 7.50. The van der Waals surface area contributed by atoms with Gasteiger partial charge in [-0.05, 0) is 68.5 Å². The van der Waals surface area contributed by atoms with Crippen molar-refractivity contribution in [2.75, 3.05) is 13.2 Å². The Bertz CT molecular complexity index is 1210. The number of benzene rings is 1. The molecule has 168 valence electrons. The van der Waals surface area contributed by atoms with Gasteiger partial charge in [-0.2, -0.15) is 0 Å². The monoisotopic (exact) mass is 473 g/mol. The number of halogens is 1. The molecule has 6 nitrogen and oxygen atoms in total. The molecular weight excluding hydrogens is 450 g/mol. The largest absolute Gasteiger partial charge is 0.503 e. The number of thiophene rings is 1. The van der Waals surface area contributed by atoms with Crippen LogP contribution in [0.5, 0.6) is 0 Å². The number of rotatable bonds is 8. The number of hydrogen-bond donors (Lipinski definition) is 1. The van der Waals surface area contributed by atoms with E-state index < -0.39 is 23.5 Å². The quantitative estimate of drug-likeness (QED) is 0.328. The van der Waals surface area contributed by atoms with Crippen molar-refractivity contribution in [1.29, 1.82) is 0 Å². The smallest absolute Gasteiger partial charge is 0.290 e. The molecule has 1 N–H and O–H groups in total. The van der Waals surface area contributed by atoms with Gasteiger partial charge in [0.15, 0.2) is 11.5 Å². The third-order valence-corrected chi connectivity index (χ3v) is 6.70. The van der Waals surface area contributed by atoms with Crippen LogP contribution in [-0.2, 0) is 9.53 Å². The zero-order valence-electron chi connectivity index (χ0n) is 18.1. The second-order valence-corrected chi connectivity index (χ2v) is 9.41. The van der Waals surface area contributed by atoms with Gasteiger partial charge in [-0.25, -0.2) is 0 Å². The maximum Gasteiger partial charge on any atom is 0.290 e. The fourth-order valence-electron chi connectivity index (χ4n) is 3.87. The number of hydrogen-bond acceptors (Lipinski definition) is 6. The number of carbonyl (C=O) groups excluding carboxylic acids is 2. The van der Waals surface area contributed by atoms with Gasteiger partial charge in [0.1, 0.15) is 5.58 Å². The maximum atomic E-state index is 13.5. The van der Waals surface area contributed by atoms with E-state index >= 15 is 0 Å². The highest BCUT2D eigenvalue weighted by atomic mass is 35.5. The second-order valence-electron chi connectivity index (χ2n) is 8.03. The van der Waals surface area contributed by atoms with Crippen molar-refractivity contribution in [1.82, 2.24) is 4.90 Å². The number of carbonyl (C=O) groups is 2. The number of aryl methyl sites for hydroxylation is 1. The molecule has 0 spiro atoms. The van der Waals surface area contributed by atoms with Gasteiger partial charge in [-0.3, -0.25) is 9.59 Å². The van der Waals surface area contributed by atoms with Crippen LogP contribution in [0.1, 0.15) is 47.3 Å². The first kappa shape index (κ1) is 22.6. The number of fused-ring (bicyclic) bond motifs is 1. The van der Waals surface area contributed by atoms with E-state index in [1.165, 1.54) is 11.3 Å². The van der Waals surface area contributed by atoms with E-state index in [0.717, 1.165) is 10.4 Å². The standard InChI is InChI=1S/C24H24ClNO5S/c1-13(2)30-9-4-8-26-20(23-14(3)7-10-32-23)19(22(28)24(26)29)21(27)18-12-15-11-16(25)5-6-17(15)31-18/h5-7,10-13,20,28H,4,8-9H2,1-3H3. The summed E-state index contributed by atoms with van der Waals surface area (Å²) in [5.74, 6) is -1.55. The highest BCUT2D eigenvalue weighted by Gasteiger charge is 2.45. The molecule has 0 aliphatic carbocycles. The van der Waals surface area contributed by atoms with E-state index in [9.17, 15) is 14.7 Å². The number of furan rings is 1. The van der Waals surface area contributed by atoms with E-state index in [2.05, 4.69) is 0 Å². The first-order valence-electron chi connectivity index (χ1n) is 10.4. The molecule has 32 heavy (non-hydrogen) atoms. The summed E-state index contributed by atoms with van der Waals surface area (Å²) < 4.78 is 11.3. The van der Waals surface area contributed by atoms with Gasteiger partial charge >= 0.3 is 0 Å². The van der Waals surface area contributed by atoms with Crippen molar-refractivity contribution in [2.24, 2.45) is 0 Å². The lowest BCUT2D eigenvalue weighted by molar-refractivity contribution is -0.129. The molecule has 0 saturated carbocycles. The zero-order valence-corrected chi connectivity index (χ0v) is 19.6. The number of ketones is 1. The van der Waals surface area contributed by atoms with Crippen LogP contribution in [0.4, 0.5) is 0 Å². The highest BCUT2D eigenvalue weighted by Crippen LogP contribution is 2.42. The minimum absolute atomic E-state index is 0.0375. The molecule has 0 saturated heterocycles. The normalized spacial score (nSPS) is 16.7. The van der Waals surface area contributed by atoms with Crippen LogP contribution in [0.3, 0.4) is 0 Å². The third kappa shape index (κ3) is 4.20. The van der Waals surface area contributed by atoms with Crippen LogP contribution in [0.2, 0.25) is 5.02 Å². The minimum atomic E-state index is -0.675. The summed E-state index contributed by atoms with van der Waals surface area (Å²) in [4.78, 5) is 28.9. The maximum absolute atomic E-state index is 13.5. The third-order valence-electron chi connectivity index (χ3n) is 5.40. The number of Topliss-reactive ketones (excluding diaryl/α,β-unsaturated/α-hetero) is 1. The topological polar surface area (TPSA) is 80.0 Å². The Morgan fingerprint density at radius 1 is 1.31 bits per heavy atom. The van der Waals surface area contributed by atoms with E-state index in [1.54, 1.807) is 29.2 Å². The highest BCUT2D eigenvalue weighted by molar-refractivity contribution is 7.10. The molecule has 1 unspecified atom stereocenters. The zero-order chi connectivity index (χ0) is 23.0. The number of aliphatic hydroxyl groups excluding tert-OH is 1. The van der Waals surface area contributed by atoms with Crippen molar-refractivity contribution in [3.05, 3.63) is 68.3 Å². The van der Waals surface area contributed by atoms with Gasteiger partial charge in [-0.15, -0.1) is 11.3 Å². The minimum Gasteiger partial charge on any atom is -0.503 e. The average Bonchev–Trinajstić information content (AvgIpc) is 3.42. The summed E-state index contributed by atoms with van der Waals surface area (Å²) in [6, 6.07) is 7.91. The molecule has 3 heterocycles. The fraction of sp³-hybridized carbons (Fsp3) is 0.333. The van der Waals surface area contributed by atoms with Crippen LogP contribution < -0.4 is 0 Å². The molecule has 4 rings (SSSR count). The van der Waals surface area contributed by atoms with Gasteiger partial charge in [0.25, 0.3) is 5.91 Å². The molecule has 1 amide bonds. The summed E-state index contributed by atoms with van der Waals surface area (Å²) in [6.07, 6.45) is 0.674. The predicted octanol–water partition coefficient (Wildman–Crippen LogP) is 5.85. The van der Waals surface area contributed by atoms with Gasteiger partial charge < -0.3 is 19.2 Å². The first-order valence-corrected chi connectivity index (χ1v) is 11.7. The molecule has 1 aliphatic rings. The number of ether oxygens (including phenoxy) is 1. The van der Waals surface area contributed by atoms with Gasteiger partial charge in [0, 0.05) is 28.4 Å². The van der Waals surface area contributed by atoms with Crippen LogP contribution in [-0.4, -0.2) is 41.0 Å². The Morgan fingerprint density at radius 3 is 2.78 bits per heavy atom.